The number of amides is 1. The molecule has 2 aliphatic heterocycles. The lowest BCUT2D eigenvalue weighted by molar-refractivity contribution is 0.0746. The van der Waals surface area contributed by atoms with E-state index in [-0.39, 0.29) is 5.91 Å². The third-order valence-electron chi connectivity index (χ3n) is 4.98. The van der Waals surface area contributed by atoms with Crippen LogP contribution in [0.3, 0.4) is 0 Å². The summed E-state index contributed by atoms with van der Waals surface area (Å²) in [6.07, 6.45) is 0.801. The highest BCUT2D eigenvalue weighted by atomic mass is 35.5. The van der Waals surface area contributed by atoms with Crippen LogP contribution in [0.1, 0.15) is 22.3 Å². The van der Waals surface area contributed by atoms with E-state index in [1.54, 1.807) is 12.1 Å². The normalized spacial score (nSPS) is 16.8. The van der Waals surface area contributed by atoms with Gasteiger partial charge in [-0.05, 0) is 36.8 Å². The molecule has 5 nitrogen and oxygen atoms in total. The molecular formula is C21H23ClN2O3. The zero-order valence-electron chi connectivity index (χ0n) is 15.4. The van der Waals surface area contributed by atoms with Gasteiger partial charge in [0.15, 0.2) is 11.5 Å². The molecule has 142 valence electrons. The van der Waals surface area contributed by atoms with Crippen molar-refractivity contribution in [3.05, 3.63) is 52.5 Å². The van der Waals surface area contributed by atoms with Gasteiger partial charge in [-0.25, -0.2) is 0 Å². The van der Waals surface area contributed by atoms with Gasteiger partial charge < -0.3 is 19.3 Å². The van der Waals surface area contributed by atoms with Gasteiger partial charge in [0.1, 0.15) is 0 Å². The van der Waals surface area contributed by atoms with Crippen LogP contribution in [0.2, 0.25) is 5.02 Å². The van der Waals surface area contributed by atoms with E-state index in [0.29, 0.717) is 48.4 Å². The Morgan fingerprint density at radius 1 is 1.04 bits per heavy atom. The summed E-state index contributed by atoms with van der Waals surface area (Å²) in [6.45, 7) is 6.22. The Morgan fingerprint density at radius 3 is 2.59 bits per heavy atom. The maximum Gasteiger partial charge on any atom is 0.254 e. The van der Waals surface area contributed by atoms with Crippen LogP contribution in [0.15, 0.2) is 36.4 Å². The highest BCUT2D eigenvalue weighted by Crippen LogP contribution is 2.38. The van der Waals surface area contributed by atoms with Crippen LogP contribution < -0.4 is 14.4 Å². The molecule has 0 atom stereocenters. The molecule has 0 spiro atoms. The van der Waals surface area contributed by atoms with E-state index in [9.17, 15) is 4.79 Å². The van der Waals surface area contributed by atoms with Gasteiger partial charge >= 0.3 is 0 Å². The number of benzene rings is 2. The van der Waals surface area contributed by atoms with Crippen molar-refractivity contribution >= 4 is 23.2 Å². The molecule has 0 N–H and O–H groups in total. The van der Waals surface area contributed by atoms with Crippen molar-refractivity contribution in [3.8, 4) is 11.5 Å². The Bertz CT molecular complexity index is 847. The van der Waals surface area contributed by atoms with Crippen molar-refractivity contribution < 1.29 is 14.3 Å². The molecule has 0 aromatic heterocycles. The predicted octanol–water partition coefficient (Wildman–Crippen LogP) is 3.77. The van der Waals surface area contributed by atoms with Crippen molar-refractivity contribution in [2.45, 2.75) is 13.3 Å². The second-order valence-electron chi connectivity index (χ2n) is 6.95. The summed E-state index contributed by atoms with van der Waals surface area (Å²) in [6, 6.07) is 11.9. The molecule has 4 rings (SSSR count). The van der Waals surface area contributed by atoms with E-state index in [4.69, 9.17) is 21.1 Å². The molecule has 0 unspecified atom stereocenters. The number of piperazine rings is 1. The minimum absolute atomic E-state index is 0.0172. The Kier molecular flexibility index (Phi) is 5.12. The van der Waals surface area contributed by atoms with E-state index < -0.39 is 0 Å². The molecular weight excluding hydrogens is 364 g/mol. The number of nitrogens with zero attached hydrogens (tertiary/aromatic N) is 2. The summed E-state index contributed by atoms with van der Waals surface area (Å²) in [5, 5.41) is 0.427. The van der Waals surface area contributed by atoms with Crippen LogP contribution in [0, 0.1) is 6.92 Å². The predicted molar refractivity (Wildman–Crippen MR) is 106 cm³/mol. The van der Waals surface area contributed by atoms with Gasteiger partial charge in [0.2, 0.25) is 0 Å². The number of hydrogen-bond donors (Lipinski definition) is 0. The summed E-state index contributed by atoms with van der Waals surface area (Å²) in [5.41, 5.74) is 3.00. The van der Waals surface area contributed by atoms with Crippen LogP contribution >= 0.6 is 11.6 Å². The number of carbonyl (C=O) groups excluding carboxylic acids is 1. The largest absolute Gasteiger partial charge is 0.489 e. The van der Waals surface area contributed by atoms with Crippen LogP contribution in [0.4, 0.5) is 5.69 Å². The fourth-order valence-corrected chi connectivity index (χ4v) is 3.79. The third-order valence-corrected chi connectivity index (χ3v) is 5.26. The quantitative estimate of drug-likeness (QED) is 0.787. The van der Waals surface area contributed by atoms with Gasteiger partial charge in [0.05, 0.1) is 18.2 Å². The molecule has 0 saturated carbocycles. The first kappa shape index (κ1) is 18.0. The van der Waals surface area contributed by atoms with E-state index >= 15 is 0 Å². The molecule has 0 aliphatic carbocycles. The minimum Gasteiger partial charge on any atom is -0.489 e. The SMILES string of the molecule is Cc1cccc(N2CCN(C(=O)c3cc(Cl)c4c(c3)OCCCO4)CC2)c1. The van der Waals surface area contributed by atoms with Crippen molar-refractivity contribution in [2.24, 2.45) is 0 Å². The van der Waals surface area contributed by atoms with Crippen molar-refractivity contribution in [2.75, 3.05) is 44.3 Å². The monoisotopic (exact) mass is 386 g/mol. The summed E-state index contributed by atoms with van der Waals surface area (Å²) >= 11 is 6.34. The van der Waals surface area contributed by atoms with E-state index in [2.05, 4.69) is 36.1 Å². The number of halogens is 1. The lowest BCUT2D eigenvalue weighted by Crippen LogP contribution is -2.48. The van der Waals surface area contributed by atoms with Crippen molar-refractivity contribution in [1.82, 2.24) is 4.90 Å². The average Bonchev–Trinajstić information content (AvgIpc) is 2.93. The van der Waals surface area contributed by atoms with Gasteiger partial charge in [-0.15, -0.1) is 0 Å². The molecule has 1 amide bonds. The van der Waals surface area contributed by atoms with E-state index in [1.165, 1.54) is 11.3 Å². The smallest absolute Gasteiger partial charge is 0.254 e. The Labute approximate surface area is 164 Å². The number of carbonyl (C=O) groups is 1. The zero-order chi connectivity index (χ0) is 18.8. The van der Waals surface area contributed by atoms with Gasteiger partial charge in [0, 0.05) is 43.9 Å². The molecule has 6 heteroatoms. The molecule has 0 bridgehead atoms. The number of aryl methyl sites for hydroxylation is 1. The Balaban J connectivity index is 1.47. The first-order valence-corrected chi connectivity index (χ1v) is 9.69. The second kappa shape index (κ2) is 7.69. The number of ether oxygens (including phenoxy) is 2. The molecule has 27 heavy (non-hydrogen) atoms. The van der Waals surface area contributed by atoms with Crippen LogP contribution in [-0.4, -0.2) is 50.2 Å². The van der Waals surface area contributed by atoms with Crippen molar-refractivity contribution in [3.63, 3.8) is 0 Å². The van der Waals surface area contributed by atoms with E-state index in [0.717, 1.165) is 19.5 Å². The van der Waals surface area contributed by atoms with Crippen LogP contribution in [0.25, 0.3) is 0 Å². The molecule has 2 aliphatic rings. The zero-order valence-corrected chi connectivity index (χ0v) is 16.2. The summed E-state index contributed by atoms with van der Waals surface area (Å²) in [7, 11) is 0. The highest BCUT2D eigenvalue weighted by molar-refractivity contribution is 6.32. The summed E-state index contributed by atoms with van der Waals surface area (Å²) in [5.74, 6) is 1.08. The molecule has 1 fully saturated rings. The summed E-state index contributed by atoms with van der Waals surface area (Å²) in [4.78, 5) is 17.2. The fourth-order valence-electron chi connectivity index (χ4n) is 3.53. The molecule has 0 radical (unpaired) electrons. The first-order valence-electron chi connectivity index (χ1n) is 9.32. The lowest BCUT2D eigenvalue weighted by Gasteiger charge is -2.36. The topological polar surface area (TPSA) is 42.0 Å². The molecule has 2 aromatic carbocycles. The van der Waals surface area contributed by atoms with Gasteiger partial charge in [-0.3, -0.25) is 4.79 Å². The average molecular weight is 387 g/mol. The molecule has 1 saturated heterocycles. The minimum atomic E-state index is -0.0172. The van der Waals surface area contributed by atoms with E-state index in [1.807, 2.05) is 4.90 Å². The fraction of sp³-hybridized carbons (Fsp3) is 0.381. The van der Waals surface area contributed by atoms with Crippen LogP contribution in [-0.2, 0) is 0 Å². The first-order chi connectivity index (χ1) is 13.1. The summed E-state index contributed by atoms with van der Waals surface area (Å²) < 4.78 is 11.3. The Morgan fingerprint density at radius 2 is 1.81 bits per heavy atom. The van der Waals surface area contributed by atoms with Gasteiger partial charge in [-0.2, -0.15) is 0 Å². The van der Waals surface area contributed by atoms with Crippen LogP contribution in [0.5, 0.6) is 11.5 Å². The maximum absolute atomic E-state index is 13.0. The molecule has 2 aromatic rings. The highest BCUT2D eigenvalue weighted by Gasteiger charge is 2.25. The molecule has 2 heterocycles. The number of rotatable bonds is 2. The second-order valence-corrected chi connectivity index (χ2v) is 7.36. The number of anilines is 1. The standard InChI is InChI=1S/C21H23ClN2O3/c1-15-4-2-5-17(12-15)23-6-8-24(9-7-23)21(25)16-13-18(22)20-19(14-16)26-10-3-11-27-20/h2,4-5,12-14H,3,6-11H2,1H3. The van der Waals surface area contributed by atoms with Gasteiger partial charge in [0.25, 0.3) is 5.91 Å². The number of fused-ring (bicyclic) bond motifs is 1. The van der Waals surface area contributed by atoms with Crippen molar-refractivity contribution in [1.29, 1.82) is 0 Å². The Hall–Kier alpha value is -2.40. The van der Waals surface area contributed by atoms with Gasteiger partial charge in [-0.1, -0.05) is 23.7 Å². The number of hydrogen-bond acceptors (Lipinski definition) is 4. The maximum atomic E-state index is 13.0. The lowest BCUT2D eigenvalue weighted by atomic mass is 10.1. The third kappa shape index (κ3) is 3.83.